The lowest BCUT2D eigenvalue weighted by Crippen LogP contribution is -2.16. The lowest BCUT2D eigenvalue weighted by molar-refractivity contribution is 0.104. The van der Waals surface area contributed by atoms with E-state index in [1.807, 2.05) is 55.6 Å². The van der Waals surface area contributed by atoms with Crippen molar-refractivity contribution in [3.8, 4) is 11.5 Å². The highest BCUT2D eigenvalue weighted by molar-refractivity contribution is 6.07. The molecule has 0 aliphatic carbocycles. The van der Waals surface area contributed by atoms with Gasteiger partial charge in [-0.2, -0.15) is 0 Å². The molecule has 2 rings (SSSR count). The van der Waals surface area contributed by atoms with Crippen molar-refractivity contribution in [2.24, 2.45) is 0 Å². The van der Waals surface area contributed by atoms with Gasteiger partial charge in [-0.1, -0.05) is 33.8 Å². The fraction of sp³-hybridized carbons (Fsp3) is 0.370. The van der Waals surface area contributed by atoms with E-state index in [0.717, 1.165) is 35.4 Å². The summed E-state index contributed by atoms with van der Waals surface area (Å²) >= 11 is 0. The molecular formula is C27H35NO3. The van der Waals surface area contributed by atoms with E-state index in [2.05, 4.69) is 39.6 Å². The molecule has 0 unspecified atom stereocenters. The highest BCUT2D eigenvalue weighted by Crippen LogP contribution is 2.38. The summed E-state index contributed by atoms with van der Waals surface area (Å²) in [6.45, 7) is 13.6. The first-order chi connectivity index (χ1) is 14.9. The Bertz CT molecular complexity index is 911. The van der Waals surface area contributed by atoms with Gasteiger partial charge in [0.15, 0.2) is 5.78 Å². The first kappa shape index (κ1) is 24.3. The van der Waals surface area contributed by atoms with Crippen LogP contribution in [0, 0.1) is 0 Å². The van der Waals surface area contributed by atoms with Gasteiger partial charge in [-0.25, -0.2) is 0 Å². The number of allylic oxidation sites excluding steroid dienone is 2. The number of carbonyl (C=O) groups is 1. The number of ketones is 1. The minimum atomic E-state index is -0.290. The molecule has 0 aromatic heterocycles. The quantitative estimate of drug-likeness (QED) is 0.236. The molecule has 0 aliphatic rings. The first-order valence-electron chi connectivity index (χ1n) is 10.9. The van der Waals surface area contributed by atoms with Crippen LogP contribution < -0.4 is 14.8 Å². The monoisotopic (exact) mass is 421 g/mol. The second-order valence-corrected chi connectivity index (χ2v) is 8.03. The number of ether oxygens (including phenoxy) is 2. The Hall–Kier alpha value is -3.01. The van der Waals surface area contributed by atoms with Crippen LogP contribution in [0.1, 0.15) is 62.0 Å². The molecule has 2 aromatic carbocycles. The maximum absolute atomic E-state index is 12.7. The molecule has 1 N–H and O–H groups in total. The van der Waals surface area contributed by atoms with Gasteiger partial charge in [0.1, 0.15) is 11.5 Å². The molecular weight excluding hydrogens is 386 g/mol. The Kier molecular flexibility index (Phi) is 8.92. The molecule has 0 bridgehead atoms. The van der Waals surface area contributed by atoms with Crippen LogP contribution in [0.3, 0.4) is 0 Å². The third-order valence-corrected chi connectivity index (χ3v) is 5.11. The maximum atomic E-state index is 12.7. The van der Waals surface area contributed by atoms with Gasteiger partial charge in [0, 0.05) is 40.9 Å². The van der Waals surface area contributed by atoms with Gasteiger partial charge in [0.25, 0.3) is 0 Å². The van der Waals surface area contributed by atoms with Crippen molar-refractivity contribution in [2.75, 3.05) is 25.6 Å². The van der Waals surface area contributed by atoms with E-state index in [1.54, 1.807) is 6.08 Å². The molecule has 2 aromatic rings. The van der Waals surface area contributed by atoms with E-state index in [-0.39, 0.29) is 11.2 Å². The number of hydrogen-bond donors (Lipinski definition) is 1. The summed E-state index contributed by atoms with van der Waals surface area (Å²) in [6, 6.07) is 11.4. The van der Waals surface area contributed by atoms with Gasteiger partial charge in [-0.3, -0.25) is 4.79 Å². The molecule has 0 saturated heterocycles. The third kappa shape index (κ3) is 6.48. The molecule has 0 fully saturated rings. The van der Waals surface area contributed by atoms with Gasteiger partial charge in [-0.15, -0.1) is 6.58 Å². The number of benzene rings is 2. The molecule has 0 radical (unpaired) electrons. The molecule has 0 atom stereocenters. The van der Waals surface area contributed by atoms with Gasteiger partial charge < -0.3 is 14.8 Å². The van der Waals surface area contributed by atoms with Crippen LogP contribution in [0.15, 0.2) is 55.1 Å². The smallest absolute Gasteiger partial charge is 0.185 e. The van der Waals surface area contributed by atoms with Crippen molar-refractivity contribution in [3.05, 3.63) is 71.8 Å². The Morgan fingerprint density at radius 2 is 1.65 bits per heavy atom. The van der Waals surface area contributed by atoms with E-state index >= 15 is 0 Å². The van der Waals surface area contributed by atoms with Crippen LogP contribution in [0.5, 0.6) is 11.5 Å². The Balaban J connectivity index is 2.46. The van der Waals surface area contributed by atoms with E-state index in [0.29, 0.717) is 24.5 Å². The normalized spacial score (nSPS) is 11.4. The van der Waals surface area contributed by atoms with E-state index in [9.17, 15) is 4.79 Å². The molecule has 4 heteroatoms. The van der Waals surface area contributed by atoms with Crippen molar-refractivity contribution in [1.82, 2.24) is 0 Å². The average Bonchev–Trinajstić information content (AvgIpc) is 2.79. The SMILES string of the molecule is C=CC(C)(C)c1cc(/C=C/C(=O)c2ccc(NC)cc2)c(OCCC)cc1OCCC. The minimum Gasteiger partial charge on any atom is -0.493 e. The van der Waals surface area contributed by atoms with Crippen LogP contribution >= 0.6 is 0 Å². The zero-order valence-corrected chi connectivity index (χ0v) is 19.5. The molecule has 0 heterocycles. The van der Waals surface area contributed by atoms with Gasteiger partial charge >= 0.3 is 0 Å². The zero-order valence-electron chi connectivity index (χ0n) is 19.5. The van der Waals surface area contributed by atoms with Crippen LogP contribution in [-0.2, 0) is 5.41 Å². The fourth-order valence-electron chi connectivity index (χ4n) is 3.05. The van der Waals surface area contributed by atoms with Gasteiger partial charge in [-0.05, 0) is 55.3 Å². The van der Waals surface area contributed by atoms with Crippen molar-refractivity contribution in [2.45, 2.75) is 46.0 Å². The van der Waals surface area contributed by atoms with Gasteiger partial charge in [0.2, 0.25) is 0 Å². The zero-order chi connectivity index (χ0) is 22.9. The summed E-state index contributed by atoms with van der Waals surface area (Å²) in [5.74, 6) is 1.45. The van der Waals surface area contributed by atoms with Crippen LogP contribution in [0.25, 0.3) is 6.08 Å². The Labute approximate surface area is 187 Å². The first-order valence-corrected chi connectivity index (χ1v) is 10.9. The number of carbonyl (C=O) groups excluding carboxylic acids is 1. The minimum absolute atomic E-state index is 0.0556. The van der Waals surface area contributed by atoms with Crippen molar-refractivity contribution in [3.63, 3.8) is 0 Å². The highest BCUT2D eigenvalue weighted by atomic mass is 16.5. The lowest BCUT2D eigenvalue weighted by Gasteiger charge is -2.25. The Morgan fingerprint density at radius 1 is 1.03 bits per heavy atom. The summed E-state index contributed by atoms with van der Waals surface area (Å²) < 4.78 is 12.0. The summed E-state index contributed by atoms with van der Waals surface area (Å²) in [7, 11) is 1.85. The average molecular weight is 422 g/mol. The third-order valence-electron chi connectivity index (χ3n) is 5.11. The van der Waals surface area contributed by atoms with E-state index in [4.69, 9.17) is 9.47 Å². The van der Waals surface area contributed by atoms with Crippen LogP contribution in [0.4, 0.5) is 5.69 Å². The second kappa shape index (κ2) is 11.4. The predicted octanol–water partition coefficient (Wildman–Crippen LogP) is 6.67. The van der Waals surface area contributed by atoms with Crippen LogP contribution in [0.2, 0.25) is 0 Å². The summed E-state index contributed by atoms with van der Waals surface area (Å²) in [5.41, 5.74) is 3.19. The summed E-state index contributed by atoms with van der Waals surface area (Å²) in [5, 5.41) is 3.06. The van der Waals surface area contributed by atoms with Crippen molar-refractivity contribution < 1.29 is 14.3 Å². The van der Waals surface area contributed by atoms with Crippen molar-refractivity contribution >= 4 is 17.5 Å². The Morgan fingerprint density at radius 3 is 2.19 bits per heavy atom. The molecule has 166 valence electrons. The van der Waals surface area contributed by atoms with Gasteiger partial charge in [0.05, 0.1) is 13.2 Å². The van der Waals surface area contributed by atoms with E-state index < -0.39 is 0 Å². The molecule has 4 nitrogen and oxygen atoms in total. The lowest BCUT2D eigenvalue weighted by atomic mass is 9.83. The largest absolute Gasteiger partial charge is 0.493 e. The van der Waals surface area contributed by atoms with E-state index in [1.165, 1.54) is 0 Å². The molecule has 0 aliphatic heterocycles. The number of rotatable bonds is 12. The second-order valence-electron chi connectivity index (χ2n) is 8.03. The number of nitrogens with one attached hydrogen (secondary N) is 1. The number of anilines is 1. The summed E-state index contributed by atoms with van der Waals surface area (Å²) in [6.07, 6.45) is 7.15. The fourth-order valence-corrected chi connectivity index (χ4v) is 3.05. The van der Waals surface area contributed by atoms with Crippen LogP contribution in [-0.4, -0.2) is 26.0 Å². The topological polar surface area (TPSA) is 47.6 Å². The standard InChI is InChI=1S/C27H35NO3/c1-7-16-30-25-19-26(31-17-8-2)23(27(4,5)9-3)18-21(25)12-15-24(29)20-10-13-22(28-6)14-11-20/h9-15,18-19,28H,3,7-8,16-17H2,1-2,4-6H3/b15-12+. The maximum Gasteiger partial charge on any atom is 0.185 e. The molecule has 0 saturated carbocycles. The highest BCUT2D eigenvalue weighted by Gasteiger charge is 2.23. The molecule has 31 heavy (non-hydrogen) atoms. The number of hydrogen-bond acceptors (Lipinski definition) is 4. The predicted molar refractivity (Wildman–Crippen MR) is 131 cm³/mol. The molecule has 0 amide bonds. The summed E-state index contributed by atoms with van der Waals surface area (Å²) in [4.78, 5) is 12.7. The molecule has 0 spiro atoms. The van der Waals surface area contributed by atoms with Crippen molar-refractivity contribution in [1.29, 1.82) is 0 Å².